The molecule has 0 bridgehead atoms. The summed E-state index contributed by atoms with van der Waals surface area (Å²) >= 11 is 0.911. The first-order valence-corrected chi connectivity index (χ1v) is 6.89. The zero-order chi connectivity index (χ0) is 15.3. The monoisotopic (exact) mass is 303 g/mol. The van der Waals surface area contributed by atoms with Crippen molar-refractivity contribution in [2.75, 3.05) is 12.3 Å². The van der Waals surface area contributed by atoms with E-state index in [9.17, 15) is 18.4 Å². The number of hydrogen-bond acceptors (Lipinski definition) is 3. The lowest BCUT2D eigenvalue weighted by Crippen LogP contribution is -2.41. The van der Waals surface area contributed by atoms with E-state index in [1.165, 1.54) is 11.0 Å². The fourth-order valence-corrected chi connectivity index (χ4v) is 2.33. The molecule has 0 radical (unpaired) electrons. The first-order valence-electron chi connectivity index (χ1n) is 5.90. The van der Waals surface area contributed by atoms with E-state index >= 15 is 0 Å². The molecule has 1 aromatic rings. The Morgan fingerprint density at radius 2 is 2.00 bits per heavy atom. The number of carboxylic acid groups (broad SMARTS) is 1. The minimum Gasteiger partial charge on any atom is -0.480 e. The van der Waals surface area contributed by atoms with E-state index in [0.717, 1.165) is 23.9 Å². The minimum absolute atomic E-state index is 0.103. The number of benzene rings is 1. The highest BCUT2D eigenvalue weighted by Gasteiger charge is 2.20. The second-order valence-electron chi connectivity index (χ2n) is 4.37. The van der Waals surface area contributed by atoms with Crippen molar-refractivity contribution in [2.45, 2.75) is 24.8 Å². The Morgan fingerprint density at radius 3 is 2.50 bits per heavy atom. The summed E-state index contributed by atoms with van der Waals surface area (Å²) in [5, 5.41) is 8.74. The number of thioether (sulfide) groups is 1. The van der Waals surface area contributed by atoms with Crippen LogP contribution < -0.4 is 0 Å². The summed E-state index contributed by atoms with van der Waals surface area (Å²) in [5.74, 6) is -3.04. The van der Waals surface area contributed by atoms with Gasteiger partial charge < -0.3 is 10.0 Å². The number of hydrogen-bond donors (Lipinski definition) is 1. The lowest BCUT2D eigenvalue weighted by atomic mass is 10.3. The highest BCUT2D eigenvalue weighted by molar-refractivity contribution is 8.00. The van der Waals surface area contributed by atoms with Crippen LogP contribution in [0.3, 0.4) is 0 Å². The Morgan fingerprint density at radius 1 is 1.35 bits per heavy atom. The average molecular weight is 303 g/mol. The van der Waals surface area contributed by atoms with Crippen LogP contribution in [0, 0.1) is 11.6 Å². The van der Waals surface area contributed by atoms with Crippen LogP contribution in [0.1, 0.15) is 13.8 Å². The molecule has 0 saturated heterocycles. The van der Waals surface area contributed by atoms with Crippen LogP contribution in [0.25, 0.3) is 0 Å². The third kappa shape index (κ3) is 4.80. The zero-order valence-corrected chi connectivity index (χ0v) is 11.9. The molecule has 0 spiro atoms. The van der Waals surface area contributed by atoms with Crippen LogP contribution in [0.2, 0.25) is 0 Å². The largest absolute Gasteiger partial charge is 0.480 e. The number of rotatable bonds is 6. The molecule has 0 saturated carbocycles. The molecule has 1 N–H and O–H groups in total. The Kier molecular flexibility index (Phi) is 5.94. The molecule has 0 heterocycles. The summed E-state index contributed by atoms with van der Waals surface area (Å²) in [7, 11) is 0. The maximum absolute atomic E-state index is 13.4. The lowest BCUT2D eigenvalue weighted by Gasteiger charge is -2.24. The molecule has 0 atom stereocenters. The first-order chi connectivity index (χ1) is 9.31. The summed E-state index contributed by atoms with van der Waals surface area (Å²) < 4.78 is 26.1. The Hall–Kier alpha value is -1.63. The van der Waals surface area contributed by atoms with Gasteiger partial charge in [0.2, 0.25) is 5.91 Å². The fraction of sp³-hybridized carbons (Fsp3) is 0.385. The van der Waals surface area contributed by atoms with Crippen molar-refractivity contribution in [2.24, 2.45) is 0 Å². The van der Waals surface area contributed by atoms with E-state index in [-0.39, 0.29) is 16.7 Å². The molecule has 0 aliphatic carbocycles. The predicted octanol–water partition coefficient (Wildman–Crippen LogP) is 2.38. The van der Waals surface area contributed by atoms with E-state index in [1.807, 2.05) is 0 Å². The molecular formula is C13H15F2NO3S. The van der Waals surface area contributed by atoms with E-state index in [1.54, 1.807) is 13.8 Å². The highest BCUT2D eigenvalue weighted by atomic mass is 32.2. The van der Waals surface area contributed by atoms with Crippen molar-refractivity contribution in [1.82, 2.24) is 4.90 Å². The third-order valence-corrected chi connectivity index (χ3v) is 3.53. The van der Waals surface area contributed by atoms with Gasteiger partial charge in [0.05, 0.1) is 5.75 Å². The number of carboxylic acids is 1. The number of amides is 1. The van der Waals surface area contributed by atoms with Crippen LogP contribution >= 0.6 is 11.8 Å². The number of halogens is 2. The predicted molar refractivity (Wildman–Crippen MR) is 71.6 cm³/mol. The summed E-state index contributed by atoms with van der Waals surface area (Å²) in [6, 6.07) is 2.83. The van der Waals surface area contributed by atoms with Gasteiger partial charge in [0.15, 0.2) is 0 Å². The molecule has 0 aliphatic rings. The van der Waals surface area contributed by atoms with Gasteiger partial charge in [-0.15, -0.1) is 11.8 Å². The molecule has 1 rings (SSSR count). The number of carbonyl (C=O) groups excluding carboxylic acids is 1. The van der Waals surface area contributed by atoms with Gasteiger partial charge in [0.25, 0.3) is 0 Å². The van der Waals surface area contributed by atoms with Gasteiger partial charge in [-0.25, -0.2) is 8.78 Å². The smallest absolute Gasteiger partial charge is 0.323 e. The van der Waals surface area contributed by atoms with Crippen molar-refractivity contribution in [3.8, 4) is 0 Å². The van der Waals surface area contributed by atoms with Gasteiger partial charge in [0.1, 0.15) is 18.2 Å². The van der Waals surface area contributed by atoms with Crippen molar-refractivity contribution < 1.29 is 23.5 Å². The molecule has 7 heteroatoms. The lowest BCUT2D eigenvalue weighted by molar-refractivity contribution is -0.144. The van der Waals surface area contributed by atoms with Crippen molar-refractivity contribution in [1.29, 1.82) is 0 Å². The van der Waals surface area contributed by atoms with E-state index < -0.39 is 30.1 Å². The summed E-state index contributed by atoms with van der Waals surface area (Å²) in [6.45, 7) is 3.00. The standard InChI is InChI=1S/C13H15F2NO3S/c1-8(2)16(6-13(18)19)12(17)7-20-11-4-3-9(14)5-10(11)15/h3-5,8H,6-7H2,1-2H3,(H,18,19). The van der Waals surface area contributed by atoms with E-state index in [2.05, 4.69) is 0 Å². The van der Waals surface area contributed by atoms with Crippen LogP contribution in [0.5, 0.6) is 0 Å². The van der Waals surface area contributed by atoms with Gasteiger partial charge in [-0.1, -0.05) is 0 Å². The van der Waals surface area contributed by atoms with Crippen LogP contribution in [-0.2, 0) is 9.59 Å². The average Bonchev–Trinajstić information content (AvgIpc) is 2.34. The number of nitrogens with zero attached hydrogens (tertiary/aromatic N) is 1. The minimum atomic E-state index is -1.11. The van der Waals surface area contributed by atoms with Gasteiger partial charge in [-0.2, -0.15) is 0 Å². The maximum atomic E-state index is 13.4. The second kappa shape index (κ2) is 7.23. The zero-order valence-electron chi connectivity index (χ0n) is 11.1. The van der Waals surface area contributed by atoms with Crippen molar-refractivity contribution in [3.63, 3.8) is 0 Å². The second-order valence-corrected chi connectivity index (χ2v) is 5.39. The first kappa shape index (κ1) is 16.4. The SMILES string of the molecule is CC(C)N(CC(=O)O)C(=O)CSc1ccc(F)cc1F. The van der Waals surface area contributed by atoms with Gasteiger partial charge >= 0.3 is 5.97 Å². The van der Waals surface area contributed by atoms with Gasteiger partial charge in [0, 0.05) is 17.0 Å². The Bertz CT molecular complexity index is 508. The van der Waals surface area contributed by atoms with Crippen LogP contribution in [-0.4, -0.2) is 40.2 Å². The van der Waals surface area contributed by atoms with Crippen molar-refractivity contribution in [3.05, 3.63) is 29.8 Å². The summed E-state index contributed by atoms with van der Waals surface area (Å²) in [5.41, 5.74) is 0. The molecule has 1 aromatic carbocycles. The molecule has 110 valence electrons. The van der Waals surface area contributed by atoms with E-state index in [4.69, 9.17) is 5.11 Å². The quantitative estimate of drug-likeness (QED) is 0.820. The maximum Gasteiger partial charge on any atom is 0.323 e. The third-order valence-electron chi connectivity index (χ3n) is 2.49. The molecule has 0 aromatic heterocycles. The molecule has 0 unspecified atom stereocenters. The number of carbonyl (C=O) groups is 2. The van der Waals surface area contributed by atoms with Gasteiger partial charge in [-0.3, -0.25) is 9.59 Å². The molecular weight excluding hydrogens is 288 g/mol. The molecule has 0 fully saturated rings. The van der Waals surface area contributed by atoms with Crippen LogP contribution in [0.4, 0.5) is 8.78 Å². The van der Waals surface area contributed by atoms with E-state index in [0.29, 0.717) is 0 Å². The van der Waals surface area contributed by atoms with Crippen molar-refractivity contribution >= 4 is 23.6 Å². The number of aliphatic carboxylic acids is 1. The highest BCUT2D eigenvalue weighted by Crippen LogP contribution is 2.22. The van der Waals surface area contributed by atoms with Gasteiger partial charge in [-0.05, 0) is 26.0 Å². The fourth-order valence-electron chi connectivity index (χ4n) is 1.52. The molecule has 1 amide bonds. The molecule has 0 aliphatic heterocycles. The molecule has 20 heavy (non-hydrogen) atoms. The Labute approximate surface area is 119 Å². The Balaban J connectivity index is 2.67. The topological polar surface area (TPSA) is 57.6 Å². The molecule has 4 nitrogen and oxygen atoms in total. The normalized spacial score (nSPS) is 10.7. The van der Waals surface area contributed by atoms with Crippen LogP contribution in [0.15, 0.2) is 23.1 Å². The summed E-state index contributed by atoms with van der Waals surface area (Å²) in [4.78, 5) is 23.9. The summed E-state index contributed by atoms with van der Waals surface area (Å²) in [6.07, 6.45) is 0.